The highest BCUT2D eigenvalue weighted by atomic mass is 35.7. The Labute approximate surface area is 128 Å². The van der Waals surface area contributed by atoms with Crippen LogP contribution in [0, 0.1) is 11.8 Å². The van der Waals surface area contributed by atoms with Gasteiger partial charge in [-0.15, -0.1) is 0 Å². The van der Waals surface area contributed by atoms with Crippen LogP contribution in [0.4, 0.5) is 0 Å². The molecule has 1 fully saturated rings. The molecule has 0 saturated heterocycles. The molecule has 1 saturated carbocycles. The van der Waals surface area contributed by atoms with Crippen molar-refractivity contribution in [3.8, 4) is 5.75 Å². The molecule has 1 N–H and O–H groups in total. The molecular weight excluding hydrogens is 314 g/mol. The van der Waals surface area contributed by atoms with Crippen LogP contribution in [0.15, 0.2) is 23.1 Å². The Morgan fingerprint density at radius 1 is 1.43 bits per heavy atom. The number of halogens is 1. The van der Waals surface area contributed by atoms with Gasteiger partial charge in [0.25, 0.3) is 9.05 Å². The number of benzene rings is 1. The molecule has 1 heterocycles. The first-order valence-corrected chi connectivity index (χ1v) is 9.19. The van der Waals surface area contributed by atoms with Crippen molar-refractivity contribution in [3.05, 3.63) is 23.8 Å². The lowest BCUT2D eigenvalue weighted by molar-refractivity contribution is -0.125. The molecule has 114 valence electrons. The first kappa shape index (κ1) is 14.7. The van der Waals surface area contributed by atoms with Gasteiger partial charge in [-0.05, 0) is 37.0 Å². The van der Waals surface area contributed by atoms with Gasteiger partial charge in [-0.25, -0.2) is 8.42 Å². The van der Waals surface area contributed by atoms with Crippen LogP contribution in [0.5, 0.6) is 5.75 Å². The number of fused-ring (bicyclic) bond motifs is 1. The summed E-state index contributed by atoms with van der Waals surface area (Å²) >= 11 is 0. The van der Waals surface area contributed by atoms with E-state index in [1.54, 1.807) is 6.07 Å². The molecule has 3 rings (SSSR count). The van der Waals surface area contributed by atoms with Crippen molar-refractivity contribution in [2.45, 2.75) is 30.7 Å². The maximum absolute atomic E-state index is 12.2. The van der Waals surface area contributed by atoms with Gasteiger partial charge in [-0.3, -0.25) is 4.79 Å². The molecule has 7 heteroatoms. The first-order chi connectivity index (χ1) is 9.86. The molecule has 1 aromatic carbocycles. The van der Waals surface area contributed by atoms with Crippen molar-refractivity contribution in [3.63, 3.8) is 0 Å². The topological polar surface area (TPSA) is 72.5 Å². The van der Waals surface area contributed by atoms with Crippen LogP contribution in [-0.2, 0) is 13.8 Å². The maximum Gasteiger partial charge on any atom is 0.261 e. The van der Waals surface area contributed by atoms with Crippen LogP contribution in [-0.4, -0.2) is 20.9 Å². The van der Waals surface area contributed by atoms with E-state index in [0.29, 0.717) is 23.8 Å². The van der Waals surface area contributed by atoms with Crippen LogP contribution >= 0.6 is 10.7 Å². The minimum absolute atomic E-state index is 0.0157. The molecule has 1 amide bonds. The predicted octanol–water partition coefficient (Wildman–Crippen LogP) is 2.21. The number of carbonyl (C=O) groups excluding carboxylic acids is 1. The fourth-order valence-corrected chi connectivity index (χ4v) is 3.36. The standard InChI is InChI=1S/C14H16ClNO4S/c1-8(9-2-3-9)14(17)16-12-7-20-13-5-4-10(6-11(12)13)21(15,18)19/h4-6,8-9,12H,2-3,7H2,1H3,(H,16,17). The van der Waals surface area contributed by atoms with Crippen LogP contribution in [0.3, 0.4) is 0 Å². The normalized spacial score (nSPS) is 22.3. The van der Waals surface area contributed by atoms with E-state index in [1.807, 2.05) is 6.92 Å². The quantitative estimate of drug-likeness (QED) is 0.860. The van der Waals surface area contributed by atoms with Crippen molar-refractivity contribution in [2.75, 3.05) is 6.61 Å². The highest BCUT2D eigenvalue weighted by molar-refractivity contribution is 8.13. The highest BCUT2D eigenvalue weighted by Gasteiger charge is 2.35. The first-order valence-electron chi connectivity index (χ1n) is 6.88. The molecule has 1 aliphatic heterocycles. The minimum atomic E-state index is -3.79. The number of carbonyl (C=O) groups is 1. The zero-order chi connectivity index (χ0) is 15.2. The molecule has 2 atom stereocenters. The second kappa shape index (κ2) is 5.18. The third-order valence-corrected chi connectivity index (χ3v) is 5.45. The molecule has 1 aliphatic carbocycles. The minimum Gasteiger partial charge on any atom is -0.491 e. The van der Waals surface area contributed by atoms with Crippen molar-refractivity contribution in [1.82, 2.24) is 5.32 Å². The SMILES string of the molecule is CC(C(=O)NC1COc2ccc(S(=O)(=O)Cl)cc21)C1CC1. The average molecular weight is 330 g/mol. The van der Waals surface area contributed by atoms with Crippen LogP contribution in [0.25, 0.3) is 0 Å². The van der Waals surface area contributed by atoms with E-state index in [0.717, 1.165) is 12.8 Å². The molecule has 5 nitrogen and oxygen atoms in total. The Morgan fingerprint density at radius 3 is 2.76 bits per heavy atom. The lowest BCUT2D eigenvalue weighted by Gasteiger charge is -2.16. The Bertz CT molecular complexity index is 684. The third-order valence-electron chi connectivity index (χ3n) is 4.10. The summed E-state index contributed by atoms with van der Waals surface area (Å²) in [6.45, 7) is 2.23. The van der Waals surface area contributed by atoms with Crippen molar-refractivity contribution >= 4 is 25.6 Å². The van der Waals surface area contributed by atoms with E-state index < -0.39 is 9.05 Å². The molecule has 0 radical (unpaired) electrons. The average Bonchev–Trinajstić information content (AvgIpc) is 3.20. The van der Waals surface area contributed by atoms with Gasteiger partial charge >= 0.3 is 0 Å². The molecule has 21 heavy (non-hydrogen) atoms. The molecule has 2 aliphatic rings. The van der Waals surface area contributed by atoms with E-state index in [9.17, 15) is 13.2 Å². The smallest absolute Gasteiger partial charge is 0.261 e. The largest absolute Gasteiger partial charge is 0.491 e. The maximum atomic E-state index is 12.2. The Hall–Kier alpha value is -1.27. The second-order valence-corrected chi connectivity index (χ2v) is 8.20. The van der Waals surface area contributed by atoms with Crippen molar-refractivity contribution in [1.29, 1.82) is 0 Å². The Balaban J connectivity index is 1.80. The summed E-state index contributed by atoms with van der Waals surface area (Å²) in [5.41, 5.74) is 0.660. The van der Waals surface area contributed by atoms with E-state index in [1.165, 1.54) is 12.1 Å². The van der Waals surface area contributed by atoms with Crippen LogP contribution < -0.4 is 10.1 Å². The van der Waals surface area contributed by atoms with Gasteiger partial charge in [0.1, 0.15) is 12.4 Å². The highest BCUT2D eigenvalue weighted by Crippen LogP contribution is 2.38. The summed E-state index contributed by atoms with van der Waals surface area (Å²) in [7, 11) is 1.57. The predicted molar refractivity (Wildman–Crippen MR) is 77.7 cm³/mol. The van der Waals surface area contributed by atoms with Gasteiger partial charge in [-0.2, -0.15) is 0 Å². The zero-order valence-electron chi connectivity index (χ0n) is 11.5. The Kier molecular flexibility index (Phi) is 3.61. The number of ether oxygens (including phenoxy) is 1. The molecule has 2 unspecified atom stereocenters. The Morgan fingerprint density at radius 2 is 2.14 bits per heavy atom. The van der Waals surface area contributed by atoms with E-state index in [-0.39, 0.29) is 22.8 Å². The van der Waals surface area contributed by atoms with E-state index >= 15 is 0 Å². The summed E-state index contributed by atoms with van der Waals surface area (Å²) in [6, 6.07) is 4.11. The summed E-state index contributed by atoms with van der Waals surface area (Å²) < 4.78 is 28.3. The van der Waals surface area contributed by atoms with E-state index in [4.69, 9.17) is 15.4 Å². The fourth-order valence-electron chi connectivity index (χ4n) is 2.58. The molecule has 0 spiro atoms. The van der Waals surface area contributed by atoms with Gasteiger partial charge < -0.3 is 10.1 Å². The van der Waals surface area contributed by atoms with Crippen LogP contribution in [0.1, 0.15) is 31.4 Å². The van der Waals surface area contributed by atoms with Gasteiger partial charge in [0.2, 0.25) is 5.91 Å². The summed E-state index contributed by atoms with van der Waals surface area (Å²) in [5, 5.41) is 2.93. The second-order valence-electron chi connectivity index (χ2n) is 5.64. The molecule has 1 aromatic rings. The van der Waals surface area contributed by atoms with Gasteiger partial charge in [-0.1, -0.05) is 6.92 Å². The van der Waals surface area contributed by atoms with Gasteiger partial charge in [0, 0.05) is 22.2 Å². The summed E-state index contributed by atoms with van der Waals surface area (Å²) in [6.07, 6.45) is 2.20. The molecule has 0 bridgehead atoms. The van der Waals surface area contributed by atoms with E-state index in [2.05, 4.69) is 5.32 Å². The van der Waals surface area contributed by atoms with Crippen molar-refractivity contribution < 1.29 is 17.9 Å². The number of hydrogen-bond donors (Lipinski definition) is 1. The number of hydrogen-bond acceptors (Lipinski definition) is 4. The van der Waals surface area contributed by atoms with Crippen molar-refractivity contribution in [2.24, 2.45) is 11.8 Å². The molecular formula is C14H16ClNO4S. The number of rotatable bonds is 4. The summed E-state index contributed by atoms with van der Waals surface area (Å²) in [5.74, 6) is 1.02. The zero-order valence-corrected chi connectivity index (χ0v) is 13.1. The molecule has 0 aromatic heterocycles. The lowest BCUT2D eigenvalue weighted by Crippen LogP contribution is -2.34. The number of amides is 1. The van der Waals surface area contributed by atoms with Gasteiger partial charge in [0.15, 0.2) is 0 Å². The number of nitrogens with one attached hydrogen (secondary N) is 1. The monoisotopic (exact) mass is 329 g/mol. The summed E-state index contributed by atoms with van der Waals surface area (Å²) in [4.78, 5) is 12.2. The third kappa shape index (κ3) is 3.01. The lowest BCUT2D eigenvalue weighted by atomic mass is 10.0. The fraction of sp³-hybridized carbons (Fsp3) is 0.500. The van der Waals surface area contributed by atoms with Crippen LogP contribution in [0.2, 0.25) is 0 Å². The van der Waals surface area contributed by atoms with Gasteiger partial charge in [0.05, 0.1) is 10.9 Å².